The first kappa shape index (κ1) is 15.9. The van der Waals surface area contributed by atoms with E-state index in [2.05, 4.69) is 9.47 Å². The van der Waals surface area contributed by atoms with Gasteiger partial charge >= 0.3 is 12.6 Å². The van der Waals surface area contributed by atoms with Crippen molar-refractivity contribution in [3.63, 3.8) is 0 Å². The molecule has 22 heavy (non-hydrogen) atoms. The highest BCUT2D eigenvalue weighted by Gasteiger charge is 2.13. The van der Waals surface area contributed by atoms with Gasteiger partial charge in [0.2, 0.25) is 0 Å². The zero-order valence-corrected chi connectivity index (χ0v) is 11.8. The van der Waals surface area contributed by atoms with Crippen LogP contribution in [0.15, 0.2) is 42.5 Å². The topological polar surface area (TPSA) is 55.8 Å². The molecule has 0 aliphatic carbocycles. The second-order valence-electron chi connectivity index (χ2n) is 4.47. The average molecular weight is 308 g/mol. The molecule has 4 nitrogen and oxygen atoms in total. The summed E-state index contributed by atoms with van der Waals surface area (Å²) >= 11 is 0. The third-order valence-electron chi connectivity index (χ3n) is 3.00. The summed E-state index contributed by atoms with van der Waals surface area (Å²) in [7, 11) is 1.20. The zero-order chi connectivity index (χ0) is 16.1. The van der Waals surface area contributed by atoms with Gasteiger partial charge in [0, 0.05) is 0 Å². The van der Waals surface area contributed by atoms with Crippen molar-refractivity contribution in [1.82, 2.24) is 0 Å². The van der Waals surface area contributed by atoms with Crippen LogP contribution in [0.1, 0.15) is 15.9 Å². The molecule has 6 heteroatoms. The van der Waals surface area contributed by atoms with E-state index in [-0.39, 0.29) is 17.9 Å². The fourth-order valence-electron chi connectivity index (χ4n) is 2.02. The number of alkyl halides is 2. The number of benzene rings is 2. The van der Waals surface area contributed by atoms with E-state index in [4.69, 9.17) is 5.11 Å². The number of methoxy groups -OCH3 is 1. The number of hydrogen-bond donors (Lipinski definition) is 1. The number of carbonyl (C=O) groups is 1. The van der Waals surface area contributed by atoms with Gasteiger partial charge in [-0.15, -0.1) is 0 Å². The van der Waals surface area contributed by atoms with Crippen molar-refractivity contribution in [2.45, 2.75) is 13.2 Å². The first-order chi connectivity index (χ1) is 10.5. The highest BCUT2D eigenvalue weighted by molar-refractivity contribution is 5.91. The molecule has 0 fully saturated rings. The first-order valence-corrected chi connectivity index (χ1v) is 6.42. The maximum absolute atomic E-state index is 12.4. The van der Waals surface area contributed by atoms with Gasteiger partial charge in [0.05, 0.1) is 19.3 Å². The summed E-state index contributed by atoms with van der Waals surface area (Å²) in [6, 6.07) is 11.0. The van der Waals surface area contributed by atoms with E-state index in [1.54, 1.807) is 24.3 Å². The van der Waals surface area contributed by atoms with Crippen LogP contribution in [0.2, 0.25) is 0 Å². The van der Waals surface area contributed by atoms with Crippen LogP contribution in [0.4, 0.5) is 8.78 Å². The Bertz CT molecular complexity index is 671. The van der Waals surface area contributed by atoms with Crippen molar-refractivity contribution in [1.29, 1.82) is 0 Å². The van der Waals surface area contributed by atoms with E-state index in [1.807, 2.05) is 0 Å². The molecule has 0 aliphatic heterocycles. The van der Waals surface area contributed by atoms with Crippen LogP contribution in [-0.4, -0.2) is 24.8 Å². The Hall–Kier alpha value is -2.47. The number of rotatable bonds is 5. The zero-order valence-electron chi connectivity index (χ0n) is 11.8. The Morgan fingerprint density at radius 1 is 1.18 bits per heavy atom. The SMILES string of the molecule is COC(=O)c1cc(OC(F)F)cc(-c2cccc(CO)c2)c1. The van der Waals surface area contributed by atoms with Gasteiger partial charge in [-0.3, -0.25) is 0 Å². The first-order valence-electron chi connectivity index (χ1n) is 6.42. The third kappa shape index (κ3) is 3.79. The summed E-state index contributed by atoms with van der Waals surface area (Å²) in [6.45, 7) is -3.14. The lowest BCUT2D eigenvalue weighted by molar-refractivity contribution is -0.0498. The van der Waals surface area contributed by atoms with Crippen molar-refractivity contribution in [3.05, 3.63) is 53.6 Å². The van der Waals surface area contributed by atoms with Crippen molar-refractivity contribution in [2.24, 2.45) is 0 Å². The molecule has 0 radical (unpaired) electrons. The second-order valence-corrected chi connectivity index (χ2v) is 4.47. The van der Waals surface area contributed by atoms with Gasteiger partial charge in [-0.1, -0.05) is 18.2 Å². The lowest BCUT2D eigenvalue weighted by Gasteiger charge is -2.10. The summed E-state index contributed by atoms with van der Waals surface area (Å²) < 4.78 is 33.8. The standard InChI is InChI=1S/C16H14F2O4/c1-21-15(20)13-6-12(7-14(8-13)22-16(17)18)11-4-2-3-10(5-11)9-19/h2-8,16,19H,9H2,1H3. The van der Waals surface area contributed by atoms with Gasteiger partial charge in [-0.05, 0) is 41.0 Å². The minimum absolute atomic E-state index is 0.102. The van der Waals surface area contributed by atoms with Crippen molar-refractivity contribution in [3.8, 4) is 16.9 Å². The monoisotopic (exact) mass is 308 g/mol. The highest BCUT2D eigenvalue weighted by atomic mass is 19.3. The lowest BCUT2D eigenvalue weighted by Crippen LogP contribution is -2.06. The smallest absolute Gasteiger partial charge is 0.387 e. The molecule has 0 aromatic heterocycles. The molecule has 0 saturated heterocycles. The lowest BCUT2D eigenvalue weighted by atomic mass is 10.0. The molecule has 0 saturated carbocycles. The van der Waals surface area contributed by atoms with Crippen LogP contribution in [0.5, 0.6) is 5.75 Å². The Morgan fingerprint density at radius 2 is 1.95 bits per heavy atom. The van der Waals surface area contributed by atoms with Crippen LogP contribution in [0.3, 0.4) is 0 Å². The Balaban J connectivity index is 2.50. The normalized spacial score (nSPS) is 10.6. The fraction of sp³-hybridized carbons (Fsp3) is 0.188. The number of carbonyl (C=O) groups excluding carboxylic acids is 1. The van der Waals surface area contributed by atoms with Crippen molar-refractivity contribution in [2.75, 3.05) is 7.11 Å². The number of aliphatic hydroxyl groups excluding tert-OH is 1. The van der Waals surface area contributed by atoms with E-state index in [9.17, 15) is 13.6 Å². The van der Waals surface area contributed by atoms with E-state index >= 15 is 0 Å². The Labute approximate surface area is 125 Å². The minimum atomic E-state index is -3.00. The fourth-order valence-corrected chi connectivity index (χ4v) is 2.02. The predicted octanol–water partition coefficient (Wildman–Crippen LogP) is 3.23. The molecule has 2 aromatic carbocycles. The van der Waals surface area contributed by atoms with Crippen LogP contribution < -0.4 is 4.74 Å². The Morgan fingerprint density at radius 3 is 2.59 bits per heavy atom. The molecule has 0 atom stereocenters. The minimum Gasteiger partial charge on any atom is -0.465 e. The molecule has 0 bridgehead atoms. The van der Waals surface area contributed by atoms with E-state index in [1.165, 1.54) is 25.3 Å². The molecule has 0 amide bonds. The van der Waals surface area contributed by atoms with E-state index < -0.39 is 12.6 Å². The summed E-state index contributed by atoms with van der Waals surface area (Å²) in [5.41, 5.74) is 1.94. The van der Waals surface area contributed by atoms with E-state index in [0.717, 1.165) is 0 Å². The van der Waals surface area contributed by atoms with Crippen LogP contribution in [-0.2, 0) is 11.3 Å². The predicted molar refractivity (Wildman–Crippen MR) is 75.8 cm³/mol. The molecule has 0 unspecified atom stereocenters. The second kappa shape index (κ2) is 7.00. The molecule has 0 spiro atoms. The van der Waals surface area contributed by atoms with Crippen molar-refractivity contribution >= 4 is 5.97 Å². The molecular formula is C16H14F2O4. The molecule has 0 heterocycles. The quantitative estimate of drug-likeness (QED) is 0.862. The number of ether oxygens (including phenoxy) is 2. The summed E-state index contributed by atoms with van der Waals surface area (Å²) in [5, 5.41) is 9.17. The highest BCUT2D eigenvalue weighted by Crippen LogP contribution is 2.28. The van der Waals surface area contributed by atoms with Gasteiger partial charge in [0.15, 0.2) is 0 Å². The molecular weight excluding hydrogens is 294 g/mol. The molecule has 2 rings (SSSR count). The summed E-state index contributed by atoms with van der Waals surface area (Å²) in [4.78, 5) is 11.7. The average Bonchev–Trinajstić information content (AvgIpc) is 2.53. The maximum Gasteiger partial charge on any atom is 0.387 e. The largest absolute Gasteiger partial charge is 0.465 e. The number of aliphatic hydroxyl groups is 1. The molecule has 0 aliphatic rings. The van der Waals surface area contributed by atoms with Crippen LogP contribution in [0, 0.1) is 0 Å². The maximum atomic E-state index is 12.4. The third-order valence-corrected chi connectivity index (χ3v) is 3.00. The van der Waals surface area contributed by atoms with Crippen molar-refractivity contribution < 1.29 is 28.2 Å². The van der Waals surface area contributed by atoms with Crippen LogP contribution in [0.25, 0.3) is 11.1 Å². The van der Waals surface area contributed by atoms with Gasteiger partial charge in [0.25, 0.3) is 0 Å². The summed E-state index contributed by atoms with van der Waals surface area (Å²) in [5.74, 6) is -0.790. The van der Waals surface area contributed by atoms with Crippen LogP contribution >= 0.6 is 0 Å². The Kier molecular flexibility index (Phi) is 5.06. The molecule has 1 N–H and O–H groups in total. The molecule has 116 valence electrons. The van der Waals surface area contributed by atoms with Gasteiger partial charge < -0.3 is 14.6 Å². The van der Waals surface area contributed by atoms with E-state index in [0.29, 0.717) is 16.7 Å². The van der Waals surface area contributed by atoms with Gasteiger partial charge in [0.1, 0.15) is 5.75 Å². The van der Waals surface area contributed by atoms with Gasteiger partial charge in [-0.2, -0.15) is 8.78 Å². The number of halogens is 2. The molecule has 2 aromatic rings. The summed E-state index contributed by atoms with van der Waals surface area (Å²) in [6.07, 6.45) is 0. The number of hydrogen-bond acceptors (Lipinski definition) is 4. The van der Waals surface area contributed by atoms with Gasteiger partial charge in [-0.25, -0.2) is 4.79 Å². The number of esters is 1.